The summed E-state index contributed by atoms with van der Waals surface area (Å²) >= 11 is 6.32. The van der Waals surface area contributed by atoms with Crippen LogP contribution in [0.25, 0.3) is 5.57 Å². The number of rotatable bonds is 9. The Morgan fingerprint density at radius 1 is 0.827 bits per heavy atom. The minimum Gasteiger partial charge on any atom is -0.462 e. The molecule has 6 rings (SSSR count). The van der Waals surface area contributed by atoms with Crippen LogP contribution in [0.4, 0.5) is 10.5 Å². The molecule has 1 unspecified atom stereocenters. The molecule has 9 heteroatoms. The number of esters is 1. The number of benzene rings is 2. The van der Waals surface area contributed by atoms with Gasteiger partial charge in [0, 0.05) is 63.1 Å². The minimum absolute atomic E-state index is 0.157. The molecule has 2 aromatic carbocycles. The standard InChI is InChI=1S/C43H61ClN4O4/c1-6-51-40(49)35-9-13-38(14-10-35)47-27-25-45(26-28-47)30-36-29-43(5,20-15-39(36)34-7-11-37(44)12-8-34)31-46-21-16-32(17-22-46)33-18-23-48(24-19-33)41(50)52-42(2,3)4/h7-14,32-33H,6,15-31H2,1-5H3. The predicted molar refractivity (Wildman–Crippen MR) is 211 cm³/mol. The van der Waals surface area contributed by atoms with Crippen LogP contribution in [0.5, 0.6) is 0 Å². The lowest BCUT2D eigenvalue weighted by atomic mass is 9.70. The van der Waals surface area contributed by atoms with E-state index in [-0.39, 0.29) is 17.5 Å². The number of hydrogen-bond donors (Lipinski definition) is 0. The van der Waals surface area contributed by atoms with Gasteiger partial charge in [0.1, 0.15) is 5.60 Å². The van der Waals surface area contributed by atoms with E-state index < -0.39 is 5.60 Å². The molecule has 0 N–H and O–H groups in total. The van der Waals surface area contributed by atoms with Gasteiger partial charge in [-0.25, -0.2) is 9.59 Å². The van der Waals surface area contributed by atoms with Crippen LogP contribution in [0.15, 0.2) is 54.1 Å². The topological polar surface area (TPSA) is 65.6 Å². The van der Waals surface area contributed by atoms with Crippen LogP contribution in [0, 0.1) is 17.3 Å². The number of carbonyl (C=O) groups is 2. The second-order valence-electron chi connectivity index (χ2n) is 17.0. The van der Waals surface area contributed by atoms with Crippen LogP contribution < -0.4 is 4.90 Å². The van der Waals surface area contributed by atoms with Gasteiger partial charge in [0.05, 0.1) is 12.2 Å². The van der Waals surface area contributed by atoms with Crippen LogP contribution in [0.1, 0.15) is 95.5 Å². The fourth-order valence-electron chi connectivity index (χ4n) is 9.06. The average molecular weight is 733 g/mol. The first-order valence-electron chi connectivity index (χ1n) is 19.8. The second-order valence-corrected chi connectivity index (χ2v) is 17.5. The second kappa shape index (κ2) is 16.9. The fraction of sp³-hybridized carbons (Fsp3) is 0.628. The number of amides is 1. The zero-order chi connectivity index (χ0) is 36.9. The first-order valence-corrected chi connectivity index (χ1v) is 20.2. The molecular weight excluding hydrogens is 672 g/mol. The molecule has 1 amide bonds. The van der Waals surface area contributed by atoms with Crippen molar-refractivity contribution in [2.45, 2.75) is 85.2 Å². The van der Waals surface area contributed by atoms with E-state index in [1.165, 1.54) is 43.5 Å². The molecular formula is C43H61ClN4O4. The van der Waals surface area contributed by atoms with E-state index in [1.807, 2.05) is 69.0 Å². The van der Waals surface area contributed by atoms with Crippen LogP contribution in [0.3, 0.4) is 0 Å². The lowest BCUT2D eigenvalue weighted by molar-refractivity contribution is 0.0126. The Balaban J connectivity index is 1.03. The Hall–Kier alpha value is -3.07. The maximum Gasteiger partial charge on any atom is 0.410 e. The van der Waals surface area contributed by atoms with Crippen molar-refractivity contribution in [1.29, 1.82) is 0 Å². The summed E-state index contributed by atoms with van der Waals surface area (Å²) in [6.07, 6.45) is 8.00. The van der Waals surface area contributed by atoms with Gasteiger partial charge >= 0.3 is 12.1 Å². The van der Waals surface area contributed by atoms with Crippen molar-refractivity contribution >= 4 is 34.9 Å². The molecule has 1 aliphatic carbocycles. The fourth-order valence-corrected chi connectivity index (χ4v) is 9.18. The Morgan fingerprint density at radius 3 is 2.04 bits per heavy atom. The van der Waals surface area contributed by atoms with Gasteiger partial charge in [0.15, 0.2) is 0 Å². The van der Waals surface area contributed by atoms with Crippen LogP contribution >= 0.6 is 11.6 Å². The smallest absolute Gasteiger partial charge is 0.410 e. The van der Waals surface area contributed by atoms with E-state index in [1.54, 1.807) is 5.57 Å². The van der Waals surface area contributed by atoms with Gasteiger partial charge in [-0.05, 0) is 151 Å². The number of allylic oxidation sites excluding steroid dienone is 1. The summed E-state index contributed by atoms with van der Waals surface area (Å²) in [5.74, 6) is 1.21. The molecule has 2 aromatic rings. The van der Waals surface area contributed by atoms with E-state index >= 15 is 0 Å². The zero-order valence-corrected chi connectivity index (χ0v) is 33.1. The number of piperidine rings is 2. The molecule has 284 valence electrons. The van der Waals surface area contributed by atoms with Crippen molar-refractivity contribution < 1.29 is 19.1 Å². The number of hydrogen-bond acceptors (Lipinski definition) is 7. The molecule has 52 heavy (non-hydrogen) atoms. The van der Waals surface area contributed by atoms with Gasteiger partial charge in [0.2, 0.25) is 0 Å². The zero-order valence-electron chi connectivity index (χ0n) is 32.3. The van der Waals surface area contributed by atoms with Gasteiger partial charge < -0.3 is 24.2 Å². The van der Waals surface area contributed by atoms with Gasteiger partial charge in [-0.3, -0.25) is 4.90 Å². The first kappa shape index (κ1) is 38.6. The lowest BCUT2D eigenvalue weighted by Crippen LogP contribution is -2.48. The van der Waals surface area contributed by atoms with E-state index in [9.17, 15) is 9.59 Å². The van der Waals surface area contributed by atoms with E-state index in [4.69, 9.17) is 21.1 Å². The van der Waals surface area contributed by atoms with E-state index in [2.05, 4.69) is 33.8 Å². The van der Waals surface area contributed by atoms with Gasteiger partial charge in [-0.1, -0.05) is 36.2 Å². The molecule has 3 fully saturated rings. The van der Waals surface area contributed by atoms with Crippen molar-refractivity contribution in [2.24, 2.45) is 17.3 Å². The number of anilines is 1. The van der Waals surface area contributed by atoms with Crippen molar-refractivity contribution in [2.75, 3.05) is 77.0 Å². The van der Waals surface area contributed by atoms with E-state index in [0.717, 1.165) is 94.7 Å². The molecule has 1 atom stereocenters. The quantitative estimate of drug-likeness (QED) is 0.239. The molecule has 0 saturated carbocycles. The SMILES string of the molecule is CCOC(=O)c1ccc(N2CCN(CC3=C(c4ccc(Cl)cc4)CCC(C)(CN4CCC(C5CCN(C(=O)OC(C)(C)C)CC5)CC4)C3)CC2)cc1. The molecule has 4 aliphatic rings. The maximum atomic E-state index is 12.6. The molecule has 3 heterocycles. The summed E-state index contributed by atoms with van der Waals surface area (Å²) in [4.78, 5) is 34.5. The molecule has 0 aromatic heterocycles. The molecule has 3 saturated heterocycles. The van der Waals surface area contributed by atoms with Crippen molar-refractivity contribution in [1.82, 2.24) is 14.7 Å². The van der Waals surface area contributed by atoms with Crippen LogP contribution in [-0.4, -0.2) is 104 Å². The Labute approximate surface area is 317 Å². The number of likely N-dealkylation sites (tertiary alicyclic amines) is 2. The third-order valence-electron chi connectivity index (χ3n) is 11.9. The monoisotopic (exact) mass is 732 g/mol. The molecule has 3 aliphatic heterocycles. The summed E-state index contributed by atoms with van der Waals surface area (Å²) in [6, 6.07) is 16.3. The average Bonchev–Trinajstić information content (AvgIpc) is 3.12. The molecule has 0 spiro atoms. The summed E-state index contributed by atoms with van der Waals surface area (Å²) < 4.78 is 10.8. The summed E-state index contributed by atoms with van der Waals surface area (Å²) in [7, 11) is 0. The number of ether oxygens (including phenoxy) is 2. The highest BCUT2D eigenvalue weighted by Gasteiger charge is 2.37. The molecule has 0 bridgehead atoms. The maximum absolute atomic E-state index is 12.6. The normalized spacial score (nSPS) is 23.2. The number of carbonyl (C=O) groups excluding carboxylic acids is 2. The van der Waals surface area contributed by atoms with Gasteiger partial charge in [-0.2, -0.15) is 0 Å². The van der Waals surface area contributed by atoms with Crippen molar-refractivity contribution in [3.05, 3.63) is 70.3 Å². The highest BCUT2D eigenvalue weighted by Crippen LogP contribution is 2.45. The summed E-state index contributed by atoms with van der Waals surface area (Å²) in [5, 5.41) is 0.787. The van der Waals surface area contributed by atoms with Crippen molar-refractivity contribution in [3.63, 3.8) is 0 Å². The van der Waals surface area contributed by atoms with Crippen LogP contribution in [-0.2, 0) is 9.47 Å². The minimum atomic E-state index is -0.442. The third kappa shape index (κ3) is 10.1. The van der Waals surface area contributed by atoms with Gasteiger partial charge in [-0.15, -0.1) is 0 Å². The number of halogens is 1. The number of piperazine rings is 1. The predicted octanol–water partition coefficient (Wildman–Crippen LogP) is 8.64. The van der Waals surface area contributed by atoms with E-state index in [0.29, 0.717) is 18.1 Å². The summed E-state index contributed by atoms with van der Waals surface area (Å²) in [6.45, 7) is 20.7. The highest BCUT2D eigenvalue weighted by molar-refractivity contribution is 6.30. The van der Waals surface area contributed by atoms with Crippen LogP contribution in [0.2, 0.25) is 5.02 Å². The number of nitrogens with zero attached hydrogens (tertiary/aromatic N) is 4. The van der Waals surface area contributed by atoms with Crippen molar-refractivity contribution in [3.8, 4) is 0 Å². The molecule has 8 nitrogen and oxygen atoms in total. The Morgan fingerprint density at radius 2 is 1.44 bits per heavy atom. The Bertz CT molecular complexity index is 1530. The first-order chi connectivity index (χ1) is 24.9. The Kier molecular flexibility index (Phi) is 12.6. The summed E-state index contributed by atoms with van der Waals surface area (Å²) in [5.41, 5.74) is 6.00. The lowest BCUT2D eigenvalue weighted by Gasteiger charge is -2.45. The highest BCUT2D eigenvalue weighted by atomic mass is 35.5. The molecule has 0 radical (unpaired) electrons. The largest absolute Gasteiger partial charge is 0.462 e. The van der Waals surface area contributed by atoms with Gasteiger partial charge in [0.25, 0.3) is 0 Å². The third-order valence-corrected chi connectivity index (χ3v) is 12.1.